The molecule has 0 spiro atoms. The third-order valence-electron chi connectivity index (χ3n) is 3.46. The molecule has 1 heterocycles. The van der Waals surface area contributed by atoms with Crippen LogP contribution in [0.4, 0.5) is 18.9 Å². The van der Waals surface area contributed by atoms with E-state index < -0.39 is 12.1 Å². The number of fused-ring (bicyclic) bond motifs is 1. The first kappa shape index (κ1) is 22.2. The Balaban J connectivity index is 0.00000280. The van der Waals surface area contributed by atoms with Gasteiger partial charge in [-0.15, -0.1) is 37.1 Å². The second-order valence-corrected chi connectivity index (χ2v) is 5.88. The Bertz CT molecular complexity index is 865. The third kappa shape index (κ3) is 5.96. The van der Waals surface area contributed by atoms with Gasteiger partial charge in [0, 0.05) is 0 Å². The molecule has 0 atom stereocenters. The molecule has 1 aliphatic heterocycles. The van der Waals surface area contributed by atoms with Gasteiger partial charge in [0.2, 0.25) is 0 Å². The molecule has 0 aromatic heterocycles. The zero-order valence-electron chi connectivity index (χ0n) is 14.3. The molecule has 0 unspecified atom stereocenters. The highest BCUT2D eigenvalue weighted by atomic mass is 127. The molecule has 0 saturated carbocycles. The topological polar surface area (TPSA) is 78.1 Å². The van der Waals surface area contributed by atoms with Gasteiger partial charge in [0.25, 0.3) is 0 Å². The van der Waals surface area contributed by atoms with Crippen LogP contribution in [-0.4, -0.2) is 25.5 Å². The fraction of sp³-hybridized carbons (Fsp3) is 0.235. The van der Waals surface area contributed by atoms with Crippen LogP contribution in [0.3, 0.4) is 0 Å². The Hall–Kier alpha value is -2.08. The van der Waals surface area contributed by atoms with Gasteiger partial charge in [-0.25, -0.2) is 4.99 Å². The summed E-state index contributed by atoms with van der Waals surface area (Å²) in [4.78, 5) is 4.11. The van der Waals surface area contributed by atoms with E-state index in [-0.39, 0.29) is 42.2 Å². The van der Waals surface area contributed by atoms with Crippen LogP contribution in [0.15, 0.2) is 41.4 Å². The zero-order valence-corrected chi connectivity index (χ0v) is 17.3. The van der Waals surface area contributed by atoms with E-state index in [2.05, 4.69) is 15.0 Å². The molecule has 0 aliphatic carbocycles. The van der Waals surface area contributed by atoms with E-state index in [0.29, 0.717) is 35.3 Å². The highest BCUT2D eigenvalue weighted by Gasteiger charge is 2.32. The molecular weight excluding hydrogens is 514 g/mol. The minimum Gasteiger partial charge on any atom is -0.486 e. The van der Waals surface area contributed by atoms with E-state index in [1.165, 1.54) is 18.2 Å². The monoisotopic (exact) mass is 529 g/mol. The molecule has 11 heteroatoms. The summed E-state index contributed by atoms with van der Waals surface area (Å²) in [6.07, 6.45) is -4.81. The number of benzene rings is 2. The minimum atomic E-state index is -4.81. The Labute approximate surface area is 180 Å². The molecule has 0 saturated heterocycles. The van der Waals surface area contributed by atoms with Crippen molar-refractivity contribution in [1.82, 2.24) is 0 Å². The van der Waals surface area contributed by atoms with Crippen molar-refractivity contribution in [3.63, 3.8) is 0 Å². The molecule has 1 aliphatic rings. The molecule has 0 amide bonds. The number of para-hydroxylation sites is 2. The van der Waals surface area contributed by atoms with Crippen molar-refractivity contribution in [2.24, 2.45) is 10.7 Å². The van der Waals surface area contributed by atoms with Gasteiger partial charge in [-0.3, -0.25) is 0 Å². The van der Waals surface area contributed by atoms with Crippen molar-refractivity contribution in [1.29, 1.82) is 0 Å². The van der Waals surface area contributed by atoms with Gasteiger partial charge in [-0.1, -0.05) is 23.7 Å². The number of nitrogens with one attached hydrogen (secondary N) is 1. The van der Waals surface area contributed by atoms with Crippen molar-refractivity contribution >= 4 is 47.2 Å². The highest BCUT2D eigenvalue weighted by molar-refractivity contribution is 14.0. The summed E-state index contributed by atoms with van der Waals surface area (Å²) in [5.41, 5.74) is 6.52. The van der Waals surface area contributed by atoms with Crippen LogP contribution in [0.2, 0.25) is 5.02 Å². The van der Waals surface area contributed by atoms with Crippen LogP contribution in [0.25, 0.3) is 0 Å². The number of nitrogens with zero attached hydrogens (tertiary/aromatic N) is 1. The van der Waals surface area contributed by atoms with Gasteiger partial charge in [0.15, 0.2) is 23.2 Å². The molecule has 0 bridgehead atoms. The quantitative estimate of drug-likeness (QED) is 0.345. The van der Waals surface area contributed by atoms with E-state index in [9.17, 15) is 13.2 Å². The minimum absolute atomic E-state index is 0. The normalized spacial score (nSPS) is 13.5. The number of ether oxygens (including phenoxy) is 3. The van der Waals surface area contributed by atoms with E-state index in [0.717, 1.165) is 0 Å². The summed E-state index contributed by atoms with van der Waals surface area (Å²) >= 11 is 6.15. The van der Waals surface area contributed by atoms with Crippen molar-refractivity contribution in [3.05, 3.63) is 47.0 Å². The Morgan fingerprint density at radius 1 is 1.21 bits per heavy atom. The summed E-state index contributed by atoms with van der Waals surface area (Å²) in [7, 11) is 0. The summed E-state index contributed by atoms with van der Waals surface area (Å²) in [6, 6.07) is 8.90. The van der Waals surface area contributed by atoms with E-state index in [1.807, 2.05) is 0 Å². The fourth-order valence-electron chi connectivity index (χ4n) is 2.39. The SMILES string of the molecule is I.NC(=NCc1cc(Cl)c2c(c1)OCCO2)Nc1ccccc1OC(F)(F)F. The molecule has 3 N–H and O–H groups in total. The number of guanidine groups is 1. The number of alkyl halides is 3. The standard InChI is InChI=1S/C17H15ClF3N3O3.HI/c18-11-7-10(8-14-15(11)26-6-5-25-14)9-23-16(22)24-12-3-1-2-4-13(12)27-17(19,20)21;/h1-4,7-8H,5-6,9H2,(H3,22,23,24);1H. The van der Waals surface area contributed by atoms with Gasteiger partial charge in [0.05, 0.1) is 17.3 Å². The third-order valence-corrected chi connectivity index (χ3v) is 3.74. The van der Waals surface area contributed by atoms with Crippen molar-refractivity contribution in [2.45, 2.75) is 12.9 Å². The van der Waals surface area contributed by atoms with Gasteiger partial charge in [-0.05, 0) is 29.8 Å². The lowest BCUT2D eigenvalue weighted by Crippen LogP contribution is -2.24. The molecular formula is C17H16ClF3IN3O3. The number of nitrogens with two attached hydrogens (primary N) is 1. The van der Waals surface area contributed by atoms with E-state index in [1.54, 1.807) is 18.2 Å². The van der Waals surface area contributed by atoms with Crippen LogP contribution >= 0.6 is 35.6 Å². The molecule has 152 valence electrons. The van der Waals surface area contributed by atoms with E-state index >= 15 is 0 Å². The van der Waals surface area contributed by atoms with Crippen LogP contribution in [0, 0.1) is 0 Å². The predicted molar refractivity (Wildman–Crippen MR) is 110 cm³/mol. The number of anilines is 1. The largest absolute Gasteiger partial charge is 0.573 e. The first-order valence-electron chi connectivity index (χ1n) is 7.81. The second kappa shape index (κ2) is 9.41. The molecule has 2 aromatic rings. The summed E-state index contributed by atoms with van der Waals surface area (Å²) in [5.74, 6) is 0.485. The van der Waals surface area contributed by atoms with Crippen LogP contribution in [-0.2, 0) is 6.54 Å². The predicted octanol–water partition coefficient (Wildman–Crippen LogP) is 4.55. The average Bonchev–Trinajstić information content (AvgIpc) is 2.60. The smallest absolute Gasteiger partial charge is 0.486 e. The molecule has 3 rings (SSSR count). The fourth-order valence-corrected chi connectivity index (χ4v) is 2.68. The van der Waals surface area contributed by atoms with Gasteiger partial charge in [-0.2, -0.15) is 0 Å². The number of hydrogen-bond donors (Lipinski definition) is 2. The Morgan fingerprint density at radius 2 is 1.93 bits per heavy atom. The maximum absolute atomic E-state index is 12.5. The Morgan fingerprint density at radius 3 is 2.68 bits per heavy atom. The maximum atomic E-state index is 12.5. The summed E-state index contributed by atoms with van der Waals surface area (Å²) in [5, 5.41) is 2.98. The lowest BCUT2D eigenvalue weighted by atomic mass is 10.2. The van der Waals surface area contributed by atoms with Crippen LogP contribution in [0.5, 0.6) is 17.2 Å². The number of aliphatic imine (C=N–C) groups is 1. The average molecular weight is 530 g/mol. The van der Waals surface area contributed by atoms with E-state index in [4.69, 9.17) is 26.8 Å². The first-order chi connectivity index (χ1) is 12.8. The van der Waals surface area contributed by atoms with Crippen molar-refractivity contribution in [3.8, 4) is 17.2 Å². The second-order valence-electron chi connectivity index (χ2n) is 5.47. The maximum Gasteiger partial charge on any atom is 0.573 e. The number of rotatable bonds is 4. The Kier molecular flexibility index (Phi) is 7.47. The lowest BCUT2D eigenvalue weighted by molar-refractivity contribution is -0.274. The van der Waals surface area contributed by atoms with Gasteiger partial charge < -0.3 is 25.3 Å². The zero-order chi connectivity index (χ0) is 19.4. The summed E-state index contributed by atoms with van der Waals surface area (Å²) < 4.78 is 52.2. The van der Waals surface area contributed by atoms with Crippen molar-refractivity contribution < 1.29 is 27.4 Å². The number of halogens is 5. The molecule has 6 nitrogen and oxygen atoms in total. The van der Waals surface area contributed by atoms with Crippen molar-refractivity contribution in [2.75, 3.05) is 18.5 Å². The summed E-state index contributed by atoms with van der Waals surface area (Å²) in [6.45, 7) is 0.966. The highest BCUT2D eigenvalue weighted by Crippen LogP contribution is 2.38. The van der Waals surface area contributed by atoms with Crippen LogP contribution in [0.1, 0.15) is 5.56 Å². The molecule has 0 fully saturated rings. The lowest BCUT2D eigenvalue weighted by Gasteiger charge is -2.20. The first-order valence-corrected chi connectivity index (χ1v) is 8.19. The molecule has 28 heavy (non-hydrogen) atoms. The van der Waals surface area contributed by atoms with Gasteiger partial charge in [0.1, 0.15) is 13.2 Å². The molecule has 2 aromatic carbocycles. The number of hydrogen-bond acceptors (Lipinski definition) is 4. The molecule has 0 radical (unpaired) electrons. The van der Waals surface area contributed by atoms with Crippen LogP contribution < -0.4 is 25.3 Å². The van der Waals surface area contributed by atoms with Gasteiger partial charge >= 0.3 is 6.36 Å².